The van der Waals surface area contributed by atoms with Crippen molar-refractivity contribution in [2.24, 2.45) is 0 Å². The van der Waals surface area contributed by atoms with Crippen LogP contribution < -0.4 is 20.7 Å². The van der Waals surface area contributed by atoms with Crippen LogP contribution in [0, 0.1) is 11.3 Å². The van der Waals surface area contributed by atoms with E-state index in [1.807, 2.05) is 13.8 Å². The van der Waals surface area contributed by atoms with Gasteiger partial charge in [0.25, 0.3) is 5.91 Å². The van der Waals surface area contributed by atoms with E-state index < -0.39 is 0 Å². The number of amides is 2. The average molecular weight is 366 g/mol. The van der Waals surface area contributed by atoms with Crippen molar-refractivity contribution in [2.45, 2.75) is 20.0 Å². The van der Waals surface area contributed by atoms with Crippen LogP contribution in [0.4, 0.5) is 11.4 Å². The summed E-state index contributed by atoms with van der Waals surface area (Å²) in [5.41, 5.74) is 2.14. The lowest BCUT2D eigenvalue weighted by Crippen LogP contribution is -2.22. The second-order valence-corrected chi connectivity index (χ2v) is 6.05. The van der Waals surface area contributed by atoms with E-state index in [-0.39, 0.29) is 24.5 Å². The molecule has 7 nitrogen and oxygen atoms in total. The third kappa shape index (κ3) is 5.75. The highest BCUT2D eigenvalue weighted by Crippen LogP contribution is 2.26. The third-order valence-corrected chi connectivity index (χ3v) is 3.57. The second kappa shape index (κ2) is 9.25. The number of carbonyl (C=O) groups excluding carboxylic acids is 2. The number of anilines is 2. The number of nitriles is 1. The third-order valence-electron chi connectivity index (χ3n) is 3.57. The van der Waals surface area contributed by atoms with Crippen LogP contribution in [-0.2, 0) is 4.79 Å². The lowest BCUT2D eigenvalue weighted by molar-refractivity contribution is -0.114. The van der Waals surface area contributed by atoms with Gasteiger partial charge in [0.15, 0.2) is 0 Å². The first-order chi connectivity index (χ1) is 12.9. The van der Waals surface area contributed by atoms with Gasteiger partial charge in [-0.15, -0.1) is 0 Å². The van der Waals surface area contributed by atoms with Crippen LogP contribution in [0.5, 0.6) is 5.75 Å². The standard InChI is InChI=1S/C20H22N4O3/c1-13(2)27-18-9-4-14(11-21)10-17(18)23-12-19(25)24-16-7-5-15(6-8-16)20(26)22-3/h4-10,13,23H,12H2,1-3H3,(H,22,26)(H,24,25). The summed E-state index contributed by atoms with van der Waals surface area (Å²) in [4.78, 5) is 23.7. The van der Waals surface area contributed by atoms with Crippen molar-refractivity contribution in [3.8, 4) is 11.8 Å². The number of benzene rings is 2. The maximum Gasteiger partial charge on any atom is 0.251 e. The number of nitrogens with one attached hydrogen (secondary N) is 3. The van der Waals surface area contributed by atoms with Crippen LogP contribution in [0.15, 0.2) is 42.5 Å². The zero-order chi connectivity index (χ0) is 19.8. The molecule has 0 radical (unpaired) electrons. The molecular weight excluding hydrogens is 344 g/mol. The van der Waals surface area contributed by atoms with Crippen LogP contribution in [0.3, 0.4) is 0 Å². The van der Waals surface area contributed by atoms with Crippen LogP contribution >= 0.6 is 0 Å². The van der Waals surface area contributed by atoms with E-state index in [4.69, 9.17) is 10.00 Å². The van der Waals surface area contributed by atoms with Gasteiger partial charge in [-0.05, 0) is 56.3 Å². The molecule has 0 atom stereocenters. The predicted molar refractivity (Wildman–Crippen MR) is 104 cm³/mol. The SMILES string of the molecule is CNC(=O)c1ccc(NC(=O)CNc2cc(C#N)ccc2OC(C)C)cc1. The van der Waals surface area contributed by atoms with E-state index in [1.165, 1.54) is 0 Å². The number of hydrogen-bond acceptors (Lipinski definition) is 5. The summed E-state index contributed by atoms with van der Waals surface area (Å²) >= 11 is 0. The van der Waals surface area contributed by atoms with Crippen molar-refractivity contribution in [2.75, 3.05) is 24.2 Å². The number of nitrogens with zero attached hydrogens (tertiary/aromatic N) is 1. The van der Waals surface area contributed by atoms with Gasteiger partial charge in [0, 0.05) is 18.3 Å². The molecule has 7 heteroatoms. The van der Waals surface area contributed by atoms with Crippen LogP contribution in [-0.4, -0.2) is 31.5 Å². The summed E-state index contributed by atoms with van der Waals surface area (Å²) in [6, 6.07) is 13.7. The minimum absolute atomic E-state index is 0.000530. The van der Waals surface area contributed by atoms with Gasteiger partial charge < -0.3 is 20.7 Å². The summed E-state index contributed by atoms with van der Waals surface area (Å²) in [6.45, 7) is 3.80. The Kier molecular flexibility index (Phi) is 6.78. The highest BCUT2D eigenvalue weighted by molar-refractivity contribution is 5.96. The number of carbonyl (C=O) groups is 2. The molecule has 0 saturated heterocycles. The van der Waals surface area contributed by atoms with E-state index in [1.54, 1.807) is 49.5 Å². The van der Waals surface area contributed by atoms with Gasteiger partial charge in [-0.3, -0.25) is 9.59 Å². The first-order valence-corrected chi connectivity index (χ1v) is 8.49. The molecule has 0 fully saturated rings. The molecule has 0 aliphatic rings. The molecule has 2 amide bonds. The van der Waals surface area contributed by atoms with Crippen molar-refractivity contribution in [1.82, 2.24) is 5.32 Å². The number of rotatable bonds is 7. The van der Waals surface area contributed by atoms with Crippen molar-refractivity contribution < 1.29 is 14.3 Å². The van der Waals surface area contributed by atoms with Gasteiger partial charge in [0.2, 0.25) is 5.91 Å². The molecule has 0 heterocycles. The molecule has 3 N–H and O–H groups in total. The van der Waals surface area contributed by atoms with Crippen molar-refractivity contribution in [3.05, 3.63) is 53.6 Å². The minimum Gasteiger partial charge on any atom is -0.489 e. The Balaban J connectivity index is 2.00. The maximum atomic E-state index is 12.2. The molecular formula is C20H22N4O3. The molecule has 2 aromatic carbocycles. The van der Waals surface area contributed by atoms with Crippen LogP contribution in [0.25, 0.3) is 0 Å². The van der Waals surface area contributed by atoms with Crippen molar-refractivity contribution >= 4 is 23.2 Å². The molecule has 0 bridgehead atoms. The molecule has 0 aromatic heterocycles. The molecule has 2 rings (SSSR count). The first-order valence-electron chi connectivity index (χ1n) is 8.49. The Labute approximate surface area is 158 Å². The second-order valence-electron chi connectivity index (χ2n) is 6.05. The summed E-state index contributed by atoms with van der Waals surface area (Å²) in [6.07, 6.45) is -0.0360. The molecule has 0 aliphatic heterocycles. The lowest BCUT2D eigenvalue weighted by atomic mass is 10.2. The first kappa shape index (κ1) is 19.8. The smallest absolute Gasteiger partial charge is 0.251 e. The minimum atomic E-state index is -0.263. The molecule has 2 aromatic rings. The molecule has 0 unspecified atom stereocenters. The zero-order valence-electron chi connectivity index (χ0n) is 15.5. The Hall–Kier alpha value is -3.53. The molecule has 27 heavy (non-hydrogen) atoms. The monoisotopic (exact) mass is 366 g/mol. The summed E-state index contributed by atoms with van der Waals surface area (Å²) in [7, 11) is 1.56. The van der Waals surface area contributed by atoms with E-state index in [9.17, 15) is 9.59 Å². The molecule has 0 spiro atoms. The fourth-order valence-corrected chi connectivity index (χ4v) is 2.32. The fourth-order valence-electron chi connectivity index (χ4n) is 2.32. The highest BCUT2D eigenvalue weighted by atomic mass is 16.5. The largest absolute Gasteiger partial charge is 0.489 e. The Morgan fingerprint density at radius 1 is 1.15 bits per heavy atom. The van der Waals surface area contributed by atoms with Gasteiger partial charge in [0.1, 0.15) is 5.75 Å². The maximum absolute atomic E-state index is 12.2. The van der Waals surface area contributed by atoms with Crippen LogP contribution in [0.2, 0.25) is 0 Å². The van der Waals surface area contributed by atoms with Gasteiger partial charge in [-0.2, -0.15) is 5.26 Å². The normalized spacial score (nSPS) is 10.0. The predicted octanol–water partition coefficient (Wildman–Crippen LogP) is 2.76. The summed E-state index contributed by atoms with van der Waals surface area (Å²) < 4.78 is 5.70. The van der Waals surface area contributed by atoms with Gasteiger partial charge in [0.05, 0.1) is 30.0 Å². The average Bonchev–Trinajstić information content (AvgIpc) is 2.66. The van der Waals surface area contributed by atoms with Gasteiger partial charge in [-0.25, -0.2) is 0 Å². The van der Waals surface area contributed by atoms with Gasteiger partial charge >= 0.3 is 0 Å². The Morgan fingerprint density at radius 2 is 1.85 bits per heavy atom. The van der Waals surface area contributed by atoms with E-state index in [0.717, 1.165) is 0 Å². The highest BCUT2D eigenvalue weighted by Gasteiger charge is 2.10. The zero-order valence-corrected chi connectivity index (χ0v) is 15.5. The van der Waals surface area contributed by atoms with Crippen LogP contribution in [0.1, 0.15) is 29.8 Å². The van der Waals surface area contributed by atoms with E-state index >= 15 is 0 Å². The molecule has 0 saturated carbocycles. The quantitative estimate of drug-likeness (QED) is 0.699. The van der Waals surface area contributed by atoms with Crippen molar-refractivity contribution in [3.63, 3.8) is 0 Å². The summed E-state index contributed by atoms with van der Waals surface area (Å²) in [5.74, 6) is 0.122. The number of hydrogen-bond donors (Lipinski definition) is 3. The van der Waals surface area contributed by atoms with Crippen molar-refractivity contribution in [1.29, 1.82) is 5.26 Å². The Morgan fingerprint density at radius 3 is 2.44 bits per heavy atom. The summed E-state index contributed by atoms with van der Waals surface area (Å²) in [5, 5.41) is 17.3. The topological polar surface area (TPSA) is 103 Å². The molecule has 0 aliphatic carbocycles. The fraction of sp³-hybridized carbons (Fsp3) is 0.250. The Bertz CT molecular complexity index is 855. The van der Waals surface area contributed by atoms with E-state index in [0.29, 0.717) is 28.3 Å². The molecule has 140 valence electrons. The van der Waals surface area contributed by atoms with Gasteiger partial charge in [-0.1, -0.05) is 0 Å². The lowest BCUT2D eigenvalue weighted by Gasteiger charge is -2.16. The number of ether oxygens (including phenoxy) is 1. The van der Waals surface area contributed by atoms with E-state index in [2.05, 4.69) is 22.0 Å².